The van der Waals surface area contributed by atoms with Gasteiger partial charge in [-0.2, -0.15) is 4.68 Å². The molecule has 0 N–H and O–H groups in total. The number of fused-ring (bicyclic) bond motifs is 2. The van der Waals surface area contributed by atoms with Gasteiger partial charge in [0.15, 0.2) is 11.5 Å². The van der Waals surface area contributed by atoms with Crippen molar-refractivity contribution in [1.29, 1.82) is 0 Å². The van der Waals surface area contributed by atoms with Crippen LogP contribution in [0.2, 0.25) is 0 Å². The minimum Gasteiger partial charge on any atom is -0.444 e. The monoisotopic (exact) mass is 584 g/mol. The van der Waals surface area contributed by atoms with Crippen LogP contribution in [0.25, 0.3) is 27.8 Å². The summed E-state index contributed by atoms with van der Waals surface area (Å²) in [6.45, 7) is 8.15. The fourth-order valence-electron chi connectivity index (χ4n) is 5.68. The number of ether oxygens (including phenoxy) is 1. The number of aromatic nitrogens is 6. The van der Waals surface area contributed by atoms with Gasteiger partial charge in [0.2, 0.25) is 0 Å². The first-order valence-corrected chi connectivity index (χ1v) is 14.2. The van der Waals surface area contributed by atoms with E-state index in [-0.39, 0.29) is 12.1 Å². The second-order valence-corrected chi connectivity index (χ2v) is 11.9. The van der Waals surface area contributed by atoms with Crippen molar-refractivity contribution in [1.82, 2.24) is 34.4 Å². The molecule has 6 rings (SSSR count). The Morgan fingerprint density at radius 3 is 2.70 bits per heavy atom. The average Bonchev–Trinajstić information content (AvgIpc) is 3.53. The van der Waals surface area contributed by atoms with Gasteiger partial charge in [0.1, 0.15) is 16.9 Å². The summed E-state index contributed by atoms with van der Waals surface area (Å²) in [4.78, 5) is 39.5. The molecule has 1 aliphatic heterocycles. The van der Waals surface area contributed by atoms with Crippen molar-refractivity contribution >= 4 is 39.9 Å². The zero-order valence-corrected chi connectivity index (χ0v) is 24.8. The van der Waals surface area contributed by atoms with Crippen LogP contribution in [0.4, 0.5) is 15.0 Å². The molecule has 43 heavy (non-hydrogen) atoms. The van der Waals surface area contributed by atoms with Crippen LogP contribution >= 0.6 is 0 Å². The average molecular weight is 585 g/mol. The second kappa shape index (κ2) is 10.8. The van der Waals surface area contributed by atoms with Crippen molar-refractivity contribution in [3.63, 3.8) is 0 Å². The van der Waals surface area contributed by atoms with Gasteiger partial charge in [0.25, 0.3) is 5.91 Å². The SMILES string of the molecule is Cc1cn(C)c2c(N(C(=O)c3ccc(-n4nnc5cccnc54)cc3F)[C@@H]3CCCN(C(=O)OC(C)(C)C)C3)nccc12. The van der Waals surface area contributed by atoms with E-state index in [1.165, 1.54) is 16.8 Å². The number of rotatable bonds is 4. The molecule has 4 aromatic heterocycles. The number of hydrogen-bond acceptors (Lipinski definition) is 7. The molecule has 1 aromatic carbocycles. The fraction of sp³-hybridized carbons (Fsp3) is 0.355. The number of hydrogen-bond donors (Lipinski definition) is 0. The van der Waals surface area contributed by atoms with Crippen molar-refractivity contribution in [2.45, 2.75) is 52.2 Å². The highest BCUT2D eigenvalue weighted by Crippen LogP contribution is 2.33. The number of carbonyl (C=O) groups excluding carboxylic acids is 2. The number of anilines is 1. The van der Waals surface area contributed by atoms with Crippen molar-refractivity contribution in [2.24, 2.45) is 7.05 Å². The molecule has 1 saturated heterocycles. The summed E-state index contributed by atoms with van der Waals surface area (Å²) in [6.07, 6.45) is 6.03. The minimum atomic E-state index is -0.720. The van der Waals surface area contributed by atoms with E-state index < -0.39 is 29.5 Å². The molecule has 0 spiro atoms. The van der Waals surface area contributed by atoms with Crippen LogP contribution < -0.4 is 4.90 Å². The Kier molecular flexibility index (Phi) is 7.07. The number of halogens is 1. The molecule has 0 unspecified atom stereocenters. The van der Waals surface area contributed by atoms with Gasteiger partial charge in [-0.15, -0.1) is 5.10 Å². The lowest BCUT2D eigenvalue weighted by Gasteiger charge is -2.39. The number of pyridine rings is 2. The fourth-order valence-corrected chi connectivity index (χ4v) is 5.68. The highest BCUT2D eigenvalue weighted by molar-refractivity contribution is 6.10. The number of likely N-dealkylation sites (tertiary alicyclic amines) is 1. The van der Waals surface area contributed by atoms with Crippen molar-refractivity contribution in [3.8, 4) is 5.69 Å². The molecule has 1 fully saturated rings. The molecule has 12 heteroatoms. The lowest BCUT2D eigenvalue weighted by molar-refractivity contribution is 0.0196. The Morgan fingerprint density at radius 1 is 1.12 bits per heavy atom. The number of nitrogens with zero attached hydrogens (tertiary/aromatic N) is 8. The summed E-state index contributed by atoms with van der Waals surface area (Å²) in [5.41, 5.74) is 2.41. The number of benzene rings is 1. The maximum atomic E-state index is 15.9. The third-order valence-corrected chi connectivity index (χ3v) is 7.57. The van der Waals surface area contributed by atoms with Crippen LogP contribution in [0.15, 0.2) is 55.0 Å². The van der Waals surface area contributed by atoms with E-state index in [4.69, 9.17) is 4.74 Å². The van der Waals surface area contributed by atoms with Crippen LogP contribution in [-0.4, -0.2) is 71.2 Å². The first-order valence-electron chi connectivity index (χ1n) is 14.2. The Balaban J connectivity index is 1.41. The van der Waals surface area contributed by atoms with Gasteiger partial charge >= 0.3 is 6.09 Å². The Hall–Kier alpha value is -4.87. The van der Waals surface area contributed by atoms with Crippen LogP contribution in [0.5, 0.6) is 0 Å². The van der Waals surface area contributed by atoms with Gasteiger partial charge in [-0.05, 0) is 76.4 Å². The first-order chi connectivity index (χ1) is 20.5. The van der Waals surface area contributed by atoms with Crippen molar-refractivity contribution in [2.75, 3.05) is 18.0 Å². The largest absolute Gasteiger partial charge is 0.444 e. The van der Waals surface area contributed by atoms with Crippen LogP contribution in [-0.2, 0) is 11.8 Å². The molecule has 2 amide bonds. The smallest absolute Gasteiger partial charge is 0.410 e. The van der Waals surface area contributed by atoms with E-state index in [1.807, 2.05) is 51.6 Å². The van der Waals surface area contributed by atoms with E-state index in [1.54, 1.807) is 40.4 Å². The summed E-state index contributed by atoms with van der Waals surface area (Å²) >= 11 is 0. The molecule has 5 aromatic rings. The molecule has 0 aliphatic carbocycles. The molecule has 0 radical (unpaired) electrons. The molecule has 1 atom stereocenters. The lowest BCUT2D eigenvalue weighted by atomic mass is 10.0. The van der Waals surface area contributed by atoms with Crippen molar-refractivity contribution < 1.29 is 18.7 Å². The number of amides is 2. The molecule has 0 saturated carbocycles. The zero-order chi connectivity index (χ0) is 30.5. The van der Waals surface area contributed by atoms with Gasteiger partial charge in [0, 0.05) is 50.2 Å². The summed E-state index contributed by atoms with van der Waals surface area (Å²) < 4.78 is 24.9. The van der Waals surface area contributed by atoms with E-state index >= 15 is 4.39 Å². The van der Waals surface area contributed by atoms with Crippen LogP contribution in [0, 0.1) is 12.7 Å². The molecular formula is C31H33FN8O3. The Labute approximate surface area is 247 Å². The lowest BCUT2D eigenvalue weighted by Crippen LogP contribution is -2.53. The van der Waals surface area contributed by atoms with Gasteiger partial charge in [-0.3, -0.25) is 9.69 Å². The quantitative estimate of drug-likeness (QED) is 0.286. The van der Waals surface area contributed by atoms with Gasteiger partial charge < -0.3 is 14.2 Å². The third kappa shape index (κ3) is 5.28. The topological polar surface area (TPSA) is 111 Å². The molecule has 5 heterocycles. The maximum absolute atomic E-state index is 15.9. The maximum Gasteiger partial charge on any atom is 0.410 e. The summed E-state index contributed by atoms with van der Waals surface area (Å²) in [5, 5.41) is 9.14. The Bertz CT molecular complexity index is 1860. The summed E-state index contributed by atoms with van der Waals surface area (Å²) in [6, 6.07) is 9.26. The summed E-state index contributed by atoms with van der Waals surface area (Å²) in [5.74, 6) is -0.869. The van der Waals surface area contributed by atoms with E-state index in [9.17, 15) is 9.59 Å². The zero-order valence-electron chi connectivity index (χ0n) is 24.8. The second-order valence-electron chi connectivity index (χ2n) is 11.9. The van der Waals surface area contributed by atoms with Crippen LogP contribution in [0.1, 0.15) is 49.5 Å². The predicted molar refractivity (Wildman–Crippen MR) is 160 cm³/mol. The van der Waals surface area contributed by atoms with E-state index in [2.05, 4.69) is 20.3 Å². The Morgan fingerprint density at radius 2 is 1.93 bits per heavy atom. The third-order valence-electron chi connectivity index (χ3n) is 7.57. The molecule has 0 bridgehead atoms. The van der Waals surface area contributed by atoms with E-state index in [0.717, 1.165) is 16.5 Å². The molecule has 11 nitrogen and oxygen atoms in total. The normalized spacial score (nSPS) is 15.7. The summed E-state index contributed by atoms with van der Waals surface area (Å²) in [7, 11) is 1.89. The molecule has 222 valence electrons. The van der Waals surface area contributed by atoms with Gasteiger partial charge in [-0.25, -0.2) is 19.2 Å². The van der Waals surface area contributed by atoms with Gasteiger partial charge in [0.05, 0.1) is 22.8 Å². The minimum absolute atomic E-state index is 0.125. The van der Waals surface area contributed by atoms with Gasteiger partial charge in [-0.1, -0.05) is 5.21 Å². The first kappa shape index (κ1) is 28.3. The predicted octanol–water partition coefficient (Wildman–Crippen LogP) is 5.20. The number of aryl methyl sites for hydroxylation is 2. The van der Waals surface area contributed by atoms with Crippen molar-refractivity contribution in [3.05, 3.63) is 71.9 Å². The molecular weight excluding hydrogens is 551 g/mol. The van der Waals surface area contributed by atoms with E-state index in [0.29, 0.717) is 42.1 Å². The highest BCUT2D eigenvalue weighted by Gasteiger charge is 2.36. The standard InChI is InChI=1S/C31H33FN8O3/c1-19-17-37(5)26-22(19)12-14-34-28(26)39(21-8-7-15-38(18-21)30(42)43-31(2,3)4)29(41)23-11-10-20(16-24(23)32)40-27-25(35-36-40)9-6-13-33-27/h6,9-14,16-17,21H,7-8,15,18H2,1-5H3/t21-/m1/s1. The number of piperidine rings is 1. The van der Waals surface area contributed by atoms with Crippen LogP contribution in [0.3, 0.4) is 0 Å². The number of carbonyl (C=O) groups is 2. The highest BCUT2D eigenvalue weighted by atomic mass is 19.1. The molecule has 1 aliphatic rings.